The van der Waals surface area contributed by atoms with Gasteiger partial charge < -0.3 is 23.6 Å². The van der Waals surface area contributed by atoms with Crippen LogP contribution in [0.1, 0.15) is 35.0 Å². The molecule has 2 heterocycles. The first kappa shape index (κ1) is 21.6. The molecule has 168 valence electrons. The fourth-order valence-corrected chi connectivity index (χ4v) is 3.87. The number of nitrogens with zero attached hydrogens (tertiary/aromatic N) is 3. The molecule has 0 radical (unpaired) electrons. The zero-order valence-electron chi connectivity index (χ0n) is 18.1. The van der Waals surface area contributed by atoms with Crippen molar-refractivity contribution >= 4 is 5.91 Å². The Morgan fingerprint density at radius 2 is 1.78 bits per heavy atom. The number of amides is 1. The number of likely N-dealkylation sites (tertiary alicyclic amines) is 1. The molecule has 8 nitrogen and oxygen atoms in total. The number of carbonyl (C=O) groups is 1. The highest BCUT2D eigenvalue weighted by atomic mass is 19.1. The van der Waals surface area contributed by atoms with Crippen LogP contribution in [0.4, 0.5) is 4.39 Å². The van der Waals surface area contributed by atoms with Gasteiger partial charge in [0.15, 0.2) is 11.5 Å². The maximum absolute atomic E-state index is 13.2. The summed E-state index contributed by atoms with van der Waals surface area (Å²) in [6.07, 6.45) is 1.62. The maximum atomic E-state index is 13.2. The molecule has 1 amide bonds. The van der Waals surface area contributed by atoms with Crippen molar-refractivity contribution in [2.24, 2.45) is 0 Å². The standard InChI is InChI=1S/C23H24FN3O5/c1-29-18-11-16(12-19(30-2)20(18)31-3)23(28)27-10-4-5-15(13-27)22-25-21(26-32-22)14-6-8-17(24)9-7-14/h6-9,11-12,15H,4-5,10,13H2,1-3H3/t15-/m1/s1. The topological polar surface area (TPSA) is 86.9 Å². The van der Waals surface area contributed by atoms with Crippen molar-refractivity contribution in [2.75, 3.05) is 34.4 Å². The first-order valence-corrected chi connectivity index (χ1v) is 10.2. The molecule has 1 saturated heterocycles. The minimum Gasteiger partial charge on any atom is -0.493 e. The van der Waals surface area contributed by atoms with Crippen molar-refractivity contribution in [3.8, 4) is 28.6 Å². The normalized spacial score (nSPS) is 16.0. The molecule has 1 fully saturated rings. The largest absolute Gasteiger partial charge is 0.493 e. The molecular weight excluding hydrogens is 417 g/mol. The summed E-state index contributed by atoms with van der Waals surface area (Å²) in [6.45, 7) is 1.06. The second-order valence-corrected chi connectivity index (χ2v) is 7.47. The summed E-state index contributed by atoms with van der Waals surface area (Å²) in [4.78, 5) is 19.5. The molecule has 2 aromatic carbocycles. The second kappa shape index (κ2) is 9.25. The van der Waals surface area contributed by atoms with Crippen LogP contribution in [0.3, 0.4) is 0 Å². The van der Waals surface area contributed by atoms with Gasteiger partial charge in [-0.15, -0.1) is 0 Å². The smallest absolute Gasteiger partial charge is 0.254 e. The van der Waals surface area contributed by atoms with E-state index in [9.17, 15) is 9.18 Å². The maximum Gasteiger partial charge on any atom is 0.254 e. The molecule has 32 heavy (non-hydrogen) atoms. The van der Waals surface area contributed by atoms with Crippen molar-refractivity contribution in [3.63, 3.8) is 0 Å². The van der Waals surface area contributed by atoms with Gasteiger partial charge in [0.05, 0.1) is 27.2 Å². The molecule has 1 aliphatic heterocycles. The number of carbonyl (C=O) groups excluding carboxylic acids is 1. The Labute approximate surface area is 184 Å². The van der Waals surface area contributed by atoms with Gasteiger partial charge in [0, 0.05) is 24.2 Å². The highest BCUT2D eigenvalue weighted by Crippen LogP contribution is 2.39. The predicted octanol–water partition coefficient (Wildman–Crippen LogP) is 3.92. The van der Waals surface area contributed by atoms with Crippen LogP contribution in [0, 0.1) is 5.82 Å². The molecule has 1 aliphatic rings. The van der Waals surface area contributed by atoms with Crippen LogP contribution in [0.5, 0.6) is 17.2 Å². The molecule has 0 unspecified atom stereocenters. The lowest BCUT2D eigenvalue weighted by Crippen LogP contribution is -2.39. The minimum absolute atomic E-state index is 0.0866. The highest BCUT2D eigenvalue weighted by Gasteiger charge is 2.30. The van der Waals surface area contributed by atoms with Gasteiger partial charge in [-0.3, -0.25) is 4.79 Å². The molecule has 1 atom stereocenters. The van der Waals surface area contributed by atoms with Gasteiger partial charge in [0.1, 0.15) is 5.82 Å². The lowest BCUT2D eigenvalue weighted by atomic mass is 9.97. The summed E-state index contributed by atoms with van der Waals surface area (Å²) in [6, 6.07) is 9.20. The van der Waals surface area contributed by atoms with Crippen molar-refractivity contribution < 1.29 is 27.9 Å². The Morgan fingerprint density at radius 1 is 1.09 bits per heavy atom. The Balaban J connectivity index is 1.53. The highest BCUT2D eigenvalue weighted by molar-refractivity contribution is 5.95. The van der Waals surface area contributed by atoms with Crippen LogP contribution in [0.15, 0.2) is 40.9 Å². The first-order chi connectivity index (χ1) is 15.5. The fourth-order valence-electron chi connectivity index (χ4n) is 3.87. The van der Waals surface area contributed by atoms with Gasteiger partial charge in [-0.25, -0.2) is 4.39 Å². The Hall–Kier alpha value is -3.62. The molecule has 0 aliphatic carbocycles. The van der Waals surface area contributed by atoms with Crippen LogP contribution in [-0.4, -0.2) is 55.4 Å². The molecule has 0 saturated carbocycles. The quantitative estimate of drug-likeness (QED) is 0.573. The van der Waals surface area contributed by atoms with E-state index in [-0.39, 0.29) is 17.6 Å². The number of hydrogen-bond donors (Lipinski definition) is 0. The Morgan fingerprint density at radius 3 is 2.41 bits per heavy atom. The molecular formula is C23H24FN3O5. The van der Waals surface area contributed by atoms with E-state index in [4.69, 9.17) is 18.7 Å². The van der Waals surface area contributed by atoms with Gasteiger partial charge >= 0.3 is 0 Å². The third-order valence-corrected chi connectivity index (χ3v) is 5.51. The molecule has 0 N–H and O–H groups in total. The monoisotopic (exact) mass is 441 g/mol. The van der Waals surface area contributed by atoms with Gasteiger partial charge in [-0.1, -0.05) is 5.16 Å². The number of aromatic nitrogens is 2. The van der Waals surface area contributed by atoms with Crippen LogP contribution in [0.2, 0.25) is 0 Å². The van der Waals surface area contributed by atoms with E-state index in [0.717, 1.165) is 12.8 Å². The van der Waals surface area contributed by atoms with E-state index in [0.29, 0.717) is 53.2 Å². The van der Waals surface area contributed by atoms with Crippen LogP contribution >= 0.6 is 0 Å². The van der Waals surface area contributed by atoms with Crippen molar-refractivity contribution in [2.45, 2.75) is 18.8 Å². The number of rotatable bonds is 6. The molecule has 3 aromatic rings. The van der Waals surface area contributed by atoms with Gasteiger partial charge in [-0.2, -0.15) is 4.98 Å². The zero-order chi connectivity index (χ0) is 22.7. The lowest BCUT2D eigenvalue weighted by molar-refractivity contribution is 0.0694. The number of hydrogen-bond acceptors (Lipinski definition) is 7. The van der Waals surface area contributed by atoms with E-state index >= 15 is 0 Å². The third kappa shape index (κ3) is 4.23. The van der Waals surface area contributed by atoms with Crippen LogP contribution in [0.25, 0.3) is 11.4 Å². The van der Waals surface area contributed by atoms with E-state index in [1.807, 2.05) is 0 Å². The number of methoxy groups -OCH3 is 3. The third-order valence-electron chi connectivity index (χ3n) is 5.51. The molecule has 0 spiro atoms. The van der Waals surface area contributed by atoms with Gasteiger partial charge in [-0.05, 0) is 49.2 Å². The SMILES string of the molecule is COc1cc(C(=O)N2CCC[C@@H](c3nc(-c4ccc(F)cc4)no3)C2)cc(OC)c1OC. The Bertz CT molecular complexity index is 1070. The van der Waals surface area contributed by atoms with Crippen LogP contribution in [-0.2, 0) is 0 Å². The number of piperidine rings is 1. The van der Waals surface area contributed by atoms with Gasteiger partial charge in [0.2, 0.25) is 17.5 Å². The van der Waals surface area contributed by atoms with Crippen molar-refractivity contribution in [1.82, 2.24) is 15.0 Å². The van der Waals surface area contributed by atoms with Crippen LogP contribution < -0.4 is 14.2 Å². The summed E-state index contributed by atoms with van der Waals surface area (Å²) >= 11 is 0. The summed E-state index contributed by atoms with van der Waals surface area (Å²) < 4.78 is 34.7. The number of ether oxygens (including phenoxy) is 3. The fraction of sp³-hybridized carbons (Fsp3) is 0.348. The zero-order valence-corrected chi connectivity index (χ0v) is 18.1. The number of benzene rings is 2. The van der Waals surface area contributed by atoms with E-state index in [2.05, 4.69) is 10.1 Å². The summed E-state index contributed by atoms with van der Waals surface area (Å²) in [5.41, 5.74) is 1.11. The first-order valence-electron chi connectivity index (χ1n) is 10.2. The van der Waals surface area contributed by atoms with E-state index in [1.54, 1.807) is 29.2 Å². The van der Waals surface area contributed by atoms with E-state index in [1.165, 1.54) is 33.5 Å². The molecule has 4 rings (SSSR count). The summed E-state index contributed by atoms with van der Waals surface area (Å²) in [7, 11) is 4.54. The molecule has 1 aromatic heterocycles. The lowest BCUT2D eigenvalue weighted by Gasteiger charge is -2.31. The van der Waals surface area contributed by atoms with Crippen molar-refractivity contribution in [1.29, 1.82) is 0 Å². The summed E-state index contributed by atoms with van der Waals surface area (Å²) in [5, 5.41) is 4.02. The average Bonchev–Trinajstić information content (AvgIpc) is 3.33. The second-order valence-electron chi connectivity index (χ2n) is 7.47. The minimum atomic E-state index is -0.328. The Kier molecular flexibility index (Phi) is 6.25. The predicted molar refractivity (Wildman–Crippen MR) is 114 cm³/mol. The van der Waals surface area contributed by atoms with Crippen molar-refractivity contribution in [3.05, 3.63) is 53.7 Å². The van der Waals surface area contributed by atoms with E-state index < -0.39 is 0 Å². The molecule has 0 bridgehead atoms. The van der Waals surface area contributed by atoms with Gasteiger partial charge in [0.25, 0.3) is 5.91 Å². The average molecular weight is 441 g/mol. The molecule has 9 heteroatoms. The number of halogens is 1. The summed E-state index contributed by atoms with van der Waals surface area (Å²) in [5.74, 6) is 1.57.